The number of hydrogen-bond acceptors (Lipinski definition) is 4. The molecule has 1 aliphatic rings. The Morgan fingerprint density at radius 3 is 2.89 bits per heavy atom. The minimum absolute atomic E-state index is 0.512. The summed E-state index contributed by atoms with van der Waals surface area (Å²) in [7, 11) is 0. The molecule has 100 valence electrons. The van der Waals surface area contributed by atoms with Gasteiger partial charge in [-0.15, -0.1) is 0 Å². The van der Waals surface area contributed by atoms with Crippen LogP contribution in [0.5, 0.6) is 0 Å². The molecule has 2 rings (SSSR count). The first-order valence-corrected chi connectivity index (χ1v) is 7.07. The van der Waals surface area contributed by atoms with Crippen molar-refractivity contribution in [1.82, 2.24) is 9.97 Å². The summed E-state index contributed by atoms with van der Waals surface area (Å²) in [5.74, 6) is 8.54. The number of nitrogen functional groups attached to an aromatic ring is 1. The molecule has 1 fully saturated rings. The maximum absolute atomic E-state index is 5.50. The van der Waals surface area contributed by atoms with Crippen LogP contribution in [0.25, 0.3) is 0 Å². The number of nitrogens with zero attached hydrogens (tertiary/aromatic N) is 2. The first-order chi connectivity index (χ1) is 8.72. The van der Waals surface area contributed by atoms with Gasteiger partial charge in [0.25, 0.3) is 0 Å². The van der Waals surface area contributed by atoms with Gasteiger partial charge >= 0.3 is 0 Å². The molecule has 4 nitrogen and oxygen atoms in total. The van der Waals surface area contributed by atoms with Crippen LogP contribution in [0.4, 0.5) is 5.82 Å². The lowest BCUT2D eigenvalue weighted by Gasteiger charge is -2.26. The molecular formula is C14H24N4. The van der Waals surface area contributed by atoms with E-state index in [1.54, 1.807) is 0 Å². The fourth-order valence-electron chi connectivity index (χ4n) is 2.83. The van der Waals surface area contributed by atoms with Gasteiger partial charge in [0.1, 0.15) is 11.6 Å². The van der Waals surface area contributed by atoms with Gasteiger partial charge < -0.3 is 5.43 Å². The lowest BCUT2D eigenvalue weighted by molar-refractivity contribution is 0.335. The summed E-state index contributed by atoms with van der Waals surface area (Å²) in [6.45, 7) is 4.49. The van der Waals surface area contributed by atoms with Crippen molar-refractivity contribution in [2.24, 2.45) is 11.8 Å². The van der Waals surface area contributed by atoms with Gasteiger partial charge in [-0.3, -0.25) is 0 Å². The van der Waals surface area contributed by atoms with Crippen LogP contribution in [0, 0.1) is 5.92 Å². The zero-order valence-electron chi connectivity index (χ0n) is 11.4. The Balaban J connectivity index is 2.22. The van der Waals surface area contributed by atoms with E-state index in [9.17, 15) is 0 Å². The van der Waals surface area contributed by atoms with Crippen molar-refractivity contribution in [2.75, 3.05) is 5.43 Å². The van der Waals surface area contributed by atoms with Crippen LogP contribution in [0.1, 0.15) is 63.4 Å². The Morgan fingerprint density at radius 2 is 2.22 bits per heavy atom. The fourth-order valence-corrected chi connectivity index (χ4v) is 2.83. The molecule has 1 aliphatic carbocycles. The van der Waals surface area contributed by atoms with Crippen molar-refractivity contribution in [3.63, 3.8) is 0 Å². The lowest BCUT2D eigenvalue weighted by atomic mass is 9.82. The highest BCUT2D eigenvalue weighted by Crippen LogP contribution is 2.34. The molecule has 4 heteroatoms. The molecule has 0 amide bonds. The fraction of sp³-hybridized carbons (Fsp3) is 0.714. The zero-order valence-corrected chi connectivity index (χ0v) is 11.4. The minimum atomic E-state index is 0.512. The Labute approximate surface area is 109 Å². The smallest absolute Gasteiger partial charge is 0.143 e. The SMILES string of the molecule is CCCc1cc(NN)nc(C2CCCC(C)C2)n1. The summed E-state index contributed by atoms with van der Waals surface area (Å²) < 4.78 is 0. The van der Waals surface area contributed by atoms with Crippen LogP contribution in [0.15, 0.2) is 6.07 Å². The molecule has 2 unspecified atom stereocenters. The van der Waals surface area contributed by atoms with Gasteiger partial charge in [-0.05, 0) is 25.2 Å². The van der Waals surface area contributed by atoms with Gasteiger partial charge in [-0.2, -0.15) is 0 Å². The molecule has 0 radical (unpaired) electrons. The maximum Gasteiger partial charge on any atom is 0.143 e. The summed E-state index contributed by atoms with van der Waals surface area (Å²) in [5, 5.41) is 0. The standard InChI is InChI=1S/C14H24N4/c1-3-5-12-9-13(18-15)17-14(16-12)11-7-4-6-10(2)8-11/h9-11H,3-8,15H2,1-2H3,(H,16,17,18). The lowest BCUT2D eigenvalue weighted by Crippen LogP contribution is -2.17. The molecule has 0 bridgehead atoms. The van der Waals surface area contributed by atoms with Gasteiger partial charge in [0.05, 0.1) is 0 Å². The summed E-state index contributed by atoms with van der Waals surface area (Å²) in [6.07, 6.45) is 7.14. The molecule has 0 saturated heterocycles. The monoisotopic (exact) mass is 248 g/mol. The van der Waals surface area contributed by atoms with E-state index in [4.69, 9.17) is 10.8 Å². The molecule has 1 heterocycles. The van der Waals surface area contributed by atoms with Gasteiger partial charge in [0.15, 0.2) is 0 Å². The Hall–Kier alpha value is -1.16. The van der Waals surface area contributed by atoms with Crippen LogP contribution in [0.3, 0.4) is 0 Å². The Kier molecular flexibility index (Phi) is 4.53. The molecule has 2 atom stereocenters. The summed E-state index contributed by atoms with van der Waals surface area (Å²) in [6, 6.07) is 1.96. The highest BCUT2D eigenvalue weighted by Gasteiger charge is 2.23. The molecule has 1 aromatic heterocycles. The number of hydrogen-bond donors (Lipinski definition) is 2. The Bertz CT molecular complexity index is 391. The molecule has 1 aromatic rings. The number of aryl methyl sites for hydroxylation is 1. The van der Waals surface area contributed by atoms with Crippen LogP contribution >= 0.6 is 0 Å². The minimum Gasteiger partial charge on any atom is -0.308 e. The van der Waals surface area contributed by atoms with Crippen LogP contribution < -0.4 is 11.3 Å². The number of aromatic nitrogens is 2. The van der Waals surface area contributed by atoms with E-state index in [1.807, 2.05) is 6.07 Å². The van der Waals surface area contributed by atoms with Gasteiger partial charge in [0, 0.05) is 17.7 Å². The average molecular weight is 248 g/mol. The molecule has 18 heavy (non-hydrogen) atoms. The number of hydrazine groups is 1. The van der Waals surface area contributed by atoms with E-state index in [-0.39, 0.29) is 0 Å². The van der Waals surface area contributed by atoms with E-state index >= 15 is 0 Å². The van der Waals surface area contributed by atoms with E-state index in [2.05, 4.69) is 24.3 Å². The highest BCUT2D eigenvalue weighted by molar-refractivity contribution is 5.35. The quantitative estimate of drug-likeness (QED) is 0.635. The van der Waals surface area contributed by atoms with Gasteiger partial charge in [0.2, 0.25) is 0 Å². The van der Waals surface area contributed by atoms with Gasteiger partial charge in [-0.25, -0.2) is 15.8 Å². The molecule has 0 aliphatic heterocycles. The van der Waals surface area contributed by atoms with Crippen molar-refractivity contribution in [3.8, 4) is 0 Å². The second kappa shape index (κ2) is 6.14. The Morgan fingerprint density at radius 1 is 1.39 bits per heavy atom. The summed E-state index contributed by atoms with van der Waals surface area (Å²) >= 11 is 0. The molecular weight excluding hydrogens is 224 g/mol. The number of rotatable bonds is 4. The van der Waals surface area contributed by atoms with Gasteiger partial charge in [-0.1, -0.05) is 33.1 Å². The van der Waals surface area contributed by atoms with Crippen molar-refractivity contribution in [1.29, 1.82) is 0 Å². The zero-order chi connectivity index (χ0) is 13.0. The van der Waals surface area contributed by atoms with Crippen molar-refractivity contribution < 1.29 is 0 Å². The molecule has 1 saturated carbocycles. The predicted octanol–water partition coefficient (Wildman–Crippen LogP) is 3.01. The molecule has 0 spiro atoms. The second-order valence-corrected chi connectivity index (χ2v) is 5.47. The third-order valence-electron chi connectivity index (χ3n) is 3.75. The predicted molar refractivity (Wildman–Crippen MR) is 74.2 cm³/mol. The summed E-state index contributed by atoms with van der Waals surface area (Å²) in [5.41, 5.74) is 3.77. The normalized spacial score (nSPS) is 23.9. The van der Waals surface area contributed by atoms with Crippen LogP contribution in [-0.2, 0) is 6.42 Å². The topological polar surface area (TPSA) is 63.8 Å². The first kappa shape index (κ1) is 13.3. The van der Waals surface area contributed by atoms with Crippen LogP contribution in [-0.4, -0.2) is 9.97 Å². The van der Waals surface area contributed by atoms with E-state index < -0.39 is 0 Å². The summed E-state index contributed by atoms with van der Waals surface area (Å²) in [4.78, 5) is 9.27. The second-order valence-electron chi connectivity index (χ2n) is 5.47. The molecule has 3 N–H and O–H groups in total. The van der Waals surface area contributed by atoms with Crippen molar-refractivity contribution >= 4 is 5.82 Å². The maximum atomic E-state index is 5.50. The average Bonchev–Trinajstić information content (AvgIpc) is 2.39. The van der Waals surface area contributed by atoms with Crippen molar-refractivity contribution in [2.45, 2.75) is 58.3 Å². The van der Waals surface area contributed by atoms with Crippen molar-refractivity contribution in [3.05, 3.63) is 17.6 Å². The largest absolute Gasteiger partial charge is 0.308 e. The van der Waals surface area contributed by atoms with E-state index in [0.717, 1.165) is 36.1 Å². The van der Waals surface area contributed by atoms with E-state index in [1.165, 1.54) is 25.7 Å². The highest BCUT2D eigenvalue weighted by atomic mass is 15.3. The van der Waals surface area contributed by atoms with Crippen LogP contribution in [0.2, 0.25) is 0 Å². The van der Waals surface area contributed by atoms with E-state index in [0.29, 0.717) is 5.92 Å². The molecule has 0 aromatic carbocycles. The third kappa shape index (κ3) is 3.19. The number of anilines is 1. The number of nitrogens with two attached hydrogens (primary N) is 1. The number of nitrogens with one attached hydrogen (secondary N) is 1. The third-order valence-corrected chi connectivity index (χ3v) is 3.75. The first-order valence-electron chi connectivity index (χ1n) is 7.07.